The van der Waals surface area contributed by atoms with Gasteiger partial charge in [0.25, 0.3) is 0 Å². The highest BCUT2D eigenvalue weighted by molar-refractivity contribution is 14.1. The molecule has 38 valence electrons. The van der Waals surface area contributed by atoms with Crippen molar-refractivity contribution in [2.24, 2.45) is 0 Å². The quantitative estimate of drug-likeness (QED) is 0.530. The van der Waals surface area contributed by atoms with E-state index in [4.69, 9.17) is 0 Å². The molecule has 0 aromatic carbocycles. The van der Waals surface area contributed by atoms with Gasteiger partial charge in [-0.15, -0.1) is 0 Å². The van der Waals surface area contributed by atoms with Crippen LogP contribution in [-0.4, -0.2) is 2.83 Å². The van der Waals surface area contributed by atoms with Crippen molar-refractivity contribution in [3.8, 4) is 0 Å². The molecule has 0 bridgehead atoms. The first-order valence-corrected chi connectivity index (χ1v) is 4.21. The lowest BCUT2D eigenvalue weighted by molar-refractivity contribution is 0.889. The van der Waals surface area contributed by atoms with Gasteiger partial charge in [0.05, 0.1) is 2.83 Å². The molecule has 0 amide bonds. The minimum absolute atomic E-state index is 0.681. The van der Waals surface area contributed by atoms with E-state index in [1.165, 1.54) is 12.8 Å². The molecule has 0 fully saturated rings. The second kappa shape index (κ2) is 4.37. The highest BCUT2D eigenvalue weighted by Gasteiger charge is 1.90. The minimum Gasteiger partial charge on any atom is -0.0775 e. The second-order valence-electron chi connectivity index (χ2n) is 1.18. The lowest BCUT2D eigenvalue weighted by atomic mass is 10.4. The first kappa shape index (κ1) is 7.21. The van der Waals surface area contributed by atoms with Crippen molar-refractivity contribution < 1.29 is 0 Å². The summed E-state index contributed by atoms with van der Waals surface area (Å²) >= 11 is 5.78. The second-order valence-corrected chi connectivity index (χ2v) is 5.50. The smallest absolute Gasteiger partial charge is 0.0662 e. The van der Waals surface area contributed by atoms with Gasteiger partial charge in [0.1, 0.15) is 0 Å². The number of hydrogen-bond donors (Lipinski definition) is 0. The maximum Gasteiger partial charge on any atom is 0.0662 e. The SMILES string of the molecule is CCCC(Br)I. The molecule has 2 heteroatoms. The Kier molecular flexibility index (Phi) is 5.25. The Balaban J connectivity index is 2.63. The molecule has 1 atom stereocenters. The van der Waals surface area contributed by atoms with Crippen LogP contribution in [0.25, 0.3) is 0 Å². The molecule has 0 aliphatic heterocycles. The Morgan fingerprint density at radius 3 is 2.33 bits per heavy atom. The molecule has 0 rings (SSSR count). The normalized spacial score (nSPS) is 14.5. The third-order valence-electron chi connectivity index (χ3n) is 0.507. The van der Waals surface area contributed by atoms with Gasteiger partial charge in [0.15, 0.2) is 0 Å². The van der Waals surface area contributed by atoms with Gasteiger partial charge < -0.3 is 0 Å². The third-order valence-corrected chi connectivity index (χ3v) is 1.59. The highest BCUT2D eigenvalue weighted by atomic mass is 127. The van der Waals surface area contributed by atoms with Crippen molar-refractivity contribution in [2.45, 2.75) is 22.6 Å². The fourth-order valence-electron chi connectivity index (χ4n) is 0.218. The Hall–Kier alpha value is 1.21. The first-order chi connectivity index (χ1) is 2.77. The molecule has 0 aliphatic carbocycles. The molecular formula is C4H8BrI. The average molecular weight is 263 g/mol. The summed E-state index contributed by atoms with van der Waals surface area (Å²) in [5, 5.41) is 0. The van der Waals surface area contributed by atoms with Gasteiger partial charge in [0, 0.05) is 0 Å². The van der Waals surface area contributed by atoms with E-state index in [1.54, 1.807) is 0 Å². The summed E-state index contributed by atoms with van der Waals surface area (Å²) in [6.07, 6.45) is 2.55. The van der Waals surface area contributed by atoms with Crippen molar-refractivity contribution in [3.05, 3.63) is 0 Å². The van der Waals surface area contributed by atoms with E-state index in [9.17, 15) is 0 Å². The van der Waals surface area contributed by atoms with Crippen LogP contribution in [0, 0.1) is 0 Å². The van der Waals surface area contributed by atoms with E-state index in [2.05, 4.69) is 45.4 Å². The number of hydrogen-bond acceptors (Lipinski definition) is 0. The molecule has 0 saturated heterocycles. The standard InChI is InChI=1S/C4H8BrI/c1-2-3-4(5)6/h4H,2-3H2,1H3. The molecular weight excluding hydrogens is 255 g/mol. The zero-order chi connectivity index (χ0) is 4.99. The predicted octanol–water partition coefficient (Wildman–Crippen LogP) is 2.94. The van der Waals surface area contributed by atoms with Crippen molar-refractivity contribution >= 4 is 38.5 Å². The number of rotatable bonds is 2. The van der Waals surface area contributed by atoms with Crippen LogP contribution in [0.15, 0.2) is 0 Å². The van der Waals surface area contributed by atoms with E-state index < -0.39 is 0 Å². The predicted molar refractivity (Wildman–Crippen MR) is 41.6 cm³/mol. The Bertz CT molecular complexity index is 28.7. The summed E-state index contributed by atoms with van der Waals surface area (Å²) < 4.78 is 0.681. The average Bonchev–Trinajstić information content (AvgIpc) is 1.35. The first-order valence-electron chi connectivity index (χ1n) is 2.05. The molecule has 0 saturated carbocycles. The minimum atomic E-state index is 0.681. The van der Waals surface area contributed by atoms with E-state index in [0.717, 1.165) is 0 Å². The summed E-state index contributed by atoms with van der Waals surface area (Å²) in [5.74, 6) is 0. The molecule has 0 heterocycles. The van der Waals surface area contributed by atoms with E-state index in [-0.39, 0.29) is 0 Å². The van der Waals surface area contributed by atoms with Gasteiger partial charge in [-0.25, -0.2) is 0 Å². The van der Waals surface area contributed by atoms with Crippen molar-refractivity contribution in [1.29, 1.82) is 0 Å². The van der Waals surface area contributed by atoms with Crippen molar-refractivity contribution in [2.75, 3.05) is 0 Å². The summed E-state index contributed by atoms with van der Waals surface area (Å²) in [5.41, 5.74) is 0. The van der Waals surface area contributed by atoms with Gasteiger partial charge in [-0.3, -0.25) is 0 Å². The molecule has 0 N–H and O–H groups in total. The Morgan fingerprint density at radius 1 is 1.83 bits per heavy atom. The van der Waals surface area contributed by atoms with E-state index in [0.29, 0.717) is 2.83 Å². The molecule has 0 radical (unpaired) electrons. The molecule has 1 unspecified atom stereocenters. The van der Waals surface area contributed by atoms with E-state index in [1.807, 2.05) is 0 Å². The van der Waals surface area contributed by atoms with Crippen LogP contribution in [-0.2, 0) is 0 Å². The lowest BCUT2D eigenvalue weighted by Gasteiger charge is -1.91. The van der Waals surface area contributed by atoms with Crippen molar-refractivity contribution in [1.82, 2.24) is 0 Å². The maximum absolute atomic E-state index is 3.42. The molecule has 0 aliphatic rings. The monoisotopic (exact) mass is 262 g/mol. The van der Waals surface area contributed by atoms with Crippen LogP contribution in [0.5, 0.6) is 0 Å². The molecule has 0 nitrogen and oxygen atoms in total. The molecule has 0 spiro atoms. The van der Waals surface area contributed by atoms with Gasteiger partial charge in [-0.1, -0.05) is 51.9 Å². The van der Waals surface area contributed by atoms with Crippen LogP contribution in [0.1, 0.15) is 19.8 Å². The van der Waals surface area contributed by atoms with Gasteiger partial charge in [-0.2, -0.15) is 0 Å². The summed E-state index contributed by atoms with van der Waals surface area (Å²) in [6.45, 7) is 2.19. The maximum atomic E-state index is 3.42. The zero-order valence-electron chi connectivity index (χ0n) is 3.75. The summed E-state index contributed by atoms with van der Waals surface area (Å²) in [7, 11) is 0. The zero-order valence-corrected chi connectivity index (χ0v) is 7.49. The Labute approximate surface area is 61.0 Å². The van der Waals surface area contributed by atoms with Gasteiger partial charge in [-0.05, 0) is 6.42 Å². The van der Waals surface area contributed by atoms with Crippen LogP contribution in [0.3, 0.4) is 0 Å². The van der Waals surface area contributed by atoms with E-state index >= 15 is 0 Å². The van der Waals surface area contributed by atoms with Crippen LogP contribution in [0.4, 0.5) is 0 Å². The molecule has 0 aromatic rings. The topological polar surface area (TPSA) is 0 Å². The number of halogens is 2. The van der Waals surface area contributed by atoms with Crippen LogP contribution in [0.2, 0.25) is 0 Å². The molecule has 0 aromatic heterocycles. The summed E-state index contributed by atoms with van der Waals surface area (Å²) in [4.78, 5) is 0. The fourth-order valence-corrected chi connectivity index (χ4v) is 1.30. The van der Waals surface area contributed by atoms with Crippen LogP contribution >= 0.6 is 38.5 Å². The summed E-state index contributed by atoms with van der Waals surface area (Å²) in [6, 6.07) is 0. The van der Waals surface area contributed by atoms with Crippen molar-refractivity contribution in [3.63, 3.8) is 0 Å². The van der Waals surface area contributed by atoms with Gasteiger partial charge >= 0.3 is 0 Å². The van der Waals surface area contributed by atoms with Gasteiger partial charge in [0.2, 0.25) is 0 Å². The molecule has 6 heavy (non-hydrogen) atoms. The fraction of sp³-hybridized carbons (Fsp3) is 1.00. The number of alkyl halides is 2. The lowest BCUT2D eigenvalue weighted by Crippen LogP contribution is -1.78. The third kappa shape index (κ3) is 5.21. The Morgan fingerprint density at radius 2 is 2.33 bits per heavy atom. The highest BCUT2D eigenvalue weighted by Crippen LogP contribution is 2.14. The largest absolute Gasteiger partial charge is 0.0775 e. The van der Waals surface area contributed by atoms with Crippen LogP contribution < -0.4 is 0 Å².